The number of benzene rings is 1. The topological polar surface area (TPSA) is 48.0 Å². The predicted octanol–water partition coefficient (Wildman–Crippen LogP) is 3.15. The van der Waals surface area contributed by atoms with Crippen molar-refractivity contribution < 1.29 is 5.11 Å². The fourth-order valence-corrected chi connectivity index (χ4v) is 3.12. The summed E-state index contributed by atoms with van der Waals surface area (Å²) in [5.41, 5.74) is 4.02. The molecule has 0 spiro atoms. The highest BCUT2D eigenvalue weighted by Crippen LogP contribution is 2.34. The minimum Gasteiger partial charge on any atom is -0.392 e. The Kier molecular flexibility index (Phi) is 3.81. The second-order valence-corrected chi connectivity index (χ2v) is 6.23. The van der Waals surface area contributed by atoms with Gasteiger partial charge in [0, 0.05) is 29.2 Å². The number of para-hydroxylation sites is 1. The number of aryl methyl sites for hydroxylation is 1. The number of rotatable bonds is 4. The third kappa shape index (κ3) is 2.48. The molecule has 20 heavy (non-hydrogen) atoms. The first-order chi connectivity index (χ1) is 9.66. The molecule has 1 aliphatic rings. The minimum absolute atomic E-state index is 0.273. The second kappa shape index (κ2) is 5.58. The van der Waals surface area contributed by atoms with Gasteiger partial charge in [-0.05, 0) is 36.8 Å². The van der Waals surface area contributed by atoms with E-state index in [4.69, 9.17) is 0 Å². The van der Waals surface area contributed by atoms with Gasteiger partial charge < -0.3 is 15.4 Å². The van der Waals surface area contributed by atoms with E-state index in [-0.39, 0.29) is 6.10 Å². The van der Waals surface area contributed by atoms with E-state index in [1.807, 2.05) is 0 Å². The van der Waals surface area contributed by atoms with Gasteiger partial charge >= 0.3 is 0 Å². The lowest BCUT2D eigenvalue weighted by molar-refractivity contribution is 0.119. The van der Waals surface area contributed by atoms with Crippen molar-refractivity contribution in [3.63, 3.8) is 0 Å². The van der Waals surface area contributed by atoms with Crippen LogP contribution in [0.1, 0.15) is 44.0 Å². The molecule has 1 aromatic carbocycles. The van der Waals surface area contributed by atoms with Gasteiger partial charge in [0.25, 0.3) is 0 Å². The number of nitrogens with one attached hydrogen (secondary N) is 2. The van der Waals surface area contributed by atoms with Gasteiger partial charge in [-0.25, -0.2) is 0 Å². The van der Waals surface area contributed by atoms with E-state index in [2.05, 4.69) is 48.4 Å². The van der Waals surface area contributed by atoms with Crippen molar-refractivity contribution in [1.29, 1.82) is 0 Å². The first-order valence-corrected chi connectivity index (χ1v) is 7.67. The largest absolute Gasteiger partial charge is 0.392 e. The average Bonchev–Trinajstić information content (AvgIpc) is 2.83. The molecule has 3 rings (SSSR count). The molecular formula is C17H24N2O. The Morgan fingerprint density at radius 1 is 1.35 bits per heavy atom. The van der Waals surface area contributed by atoms with Crippen molar-refractivity contribution in [2.45, 2.75) is 45.3 Å². The summed E-state index contributed by atoms with van der Waals surface area (Å²) in [5.74, 6) is 0.299. The molecule has 108 valence electrons. The molecule has 0 fully saturated rings. The average molecular weight is 272 g/mol. The molecule has 1 aromatic heterocycles. The number of fused-ring (bicyclic) bond motifs is 3. The van der Waals surface area contributed by atoms with Crippen molar-refractivity contribution in [3.05, 3.63) is 35.5 Å². The summed E-state index contributed by atoms with van der Waals surface area (Å²) < 4.78 is 0. The van der Waals surface area contributed by atoms with E-state index < -0.39 is 0 Å². The maximum absolute atomic E-state index is 9.97. The number of hydrogen-bond acceptors (Lipinski definition) is 2. The summed E-state index contributed by atoms with van der Waals surface area (Å²) in [4.78, 5) is 3.57. The molecule has 1 heterocycles. The third-order valence-electron chi connectivity index (χ3n) is 4.46. The normalized spacial score (nSPS) is 20.3. The van der Waals surface area contributed by atoms with Gasteiger partial charge in [-0.1, -0.05) is 32.0 Å². The lowest BCUT2D eigenvalue weighted by atomic mass is 9.91. The smallest absolute Gasteiger partial charge is 0.0687 e. The Morgan fingerprint density at radius 3 is 2.95 bits per heavy atom. The van der Waals surface area contributed by atoms with Crippen LogP contribution in [0.15, 0.2) is 24.3 Å². The van der Waals surface area contributed by atoms with E-state index in [9.17, 15) is 5.11 Å². The van der Waals surface area contributed by atoms with Crippen LogP contribution in [0.25, 0.3) is 10.9 Å². The summed E-state index contributed by atoms with van der Waals surface area (Å²) in [5, 5.41) is 14.9. The Hall–Kier alpha value is -1.32. The number of aliphatic hydroxyl groups is 1. The molecule has 0 radical (unpaired) electrons. The van der Waals surface area contributed by atoms with Crippen LogP contribution in [-0.2, 0) is 6.42 Å². The van der Waals surface area contributed by atoms with Crippen LogP contribution in [0.5, 0.6) is 0 Å². The monoisotopic (exact) mass is 272 g/mol. The van der Waals surface area contributed by atoms with E-state index in [1.165, 1.54) is 28.6 Å². The second-order valence-electron chi connectivity index (χ2n) is 6.23. The van der Waals surface area contributed by atoms with Gasteiger partial charge in [0.15, 0.2) is 0 Å². The zero-order valence-corrected chi connectivity index (χ0v) is 12.3. The highest BCUT2D eigenvalue weighted by atomic mass is 16.3. The van der Waals surface area contributed by atoms with Crippen molar-refractivity contribution in [3.8, 4) is 0 Å². The molecule has 2 aromatic rings. The standard InChI is InChI=1S/C17H24N2O/c1-11(2)16(20)10-18-15-9-5-7-13-12-6-3-4-8-14(12)19-17(13)15/h3-4,6,8,11,15-16,18-20H,5,7,9-10H2,1-2H3. The van der Waals surface area contributed by atoms with Crippen molar-refractivity contribution in [2.75, 3.05) is 6.54 Å². The lowest BCUT2D eigenvalue weighted by Gasteiger charge is -2.26. The van der Waals surface area contributed by atoms with Crippen LogP contribution in [0, 0.1) is 5.92 Å². The van der Waals surface area contributed by atoms with E-state index in [1.54, 1.807) is 0 Å². The molecule has 2 atom stereocenters. The summed E-state index contributed by atoms with van der Waals surface area (Å²) in [6, 6.07) is 8.88. The predicted molar refractivity (Wildman–Crippen MR) is 82.8 cm³/mol. The molecular weight excluding hydrogens is 248 g/mol. The molecule has 0 amide bonds. The minimum atomic E-state index is -0.273. The van der Waals surface area contributed by atoms with E-state index in [0.717, 1.165) is 12.8 Å². The Labute approximate surface area is 120 Å². The van der Waals surface area contributed by atoms with Gasteiger partial charge in [0.1, 0.15) is 0 Å². The van der Waals surface area contributed by atoms with Crippen LogP contribution < -0.4 is 5.32 Å². The Bertz CT molecular complexity index is 588. The summed E-state index contributed by atoms with van der Waals surface area (Å²) >= 11 is 0. The van der Waals surface area contributed by atoms with Crippen LogP contribution in [0.3, 0.4) is 0 Å². The third-order valence-corrected chi connectivity index (χ3v) is 4.46. The zero-order valence-electron chi connectivity index (χ0n) is 12.3. The molecule has 3 nitrogen and oxygen atoms in total. The van der Waals surface area contributed by atoms with Gasteiger partial charge in [-0.3, -0.25) is 0 Å². The molecule has 1 aliphatic carbocycles. The van der Waals surface area contributed by atoms with Gasteiger partial charge in [0.05, 0.1) is 6.10 Å². The zero-order chi connectivity index (χ0) is 14.1. The van der Waals surface area contributed by atoms with Crippen LogP contribution in [-0.4, -0.2) is 22.7 Å². The Morgan fingerprint density at radius 2 is 2.15 bits per heavy atom. The first-order valence-electron chi connectivity index (χ1n) is 7.67. The van der Waals surface area contributed by atoms with Gasteiger partial charge in [-0.2, -0.15) is 0 Å². The van der Waals surface area contributed by atoms with E-state index >= 15 is 0 Å². The van der Waals surface area contributed by atoms with Gasteiger partial charge in [-0.15, -0.1) is 0 Å². The van der Waals surface area contributed by atoms with Crippen molar-refractivity contribution >= 4 is 10.9 Å². The lowest BCUT2D eigenvalue weighted by Crippen LogP contribution is -2.34. The van der Waals surface area contributed by atoms with Crippen LogP contribution in [0.4, 0.5) is 0 Å². The van der Waals surface area contributed by atoms with Gasteiger partial charge in [0.2, 0.25) is 0 Å². The molecule has 0 aliphatic heterocycles. The highest BCUT2D eigenvalue weighted by Gasteiger charge is 2.24. The Balaban J connectivity index is 1.83. The molecule has 3 heteroatoms. The summed E-state index contributed by atoms with van der Waals surface area (Å²) in [6.45, 7) is 4.78. The number of H-pyrrole nitrogens is 1. The molecule has 0 saturated carbocycles. The SMILES string of the molecule is CC(C)C(O)CNC1CCCc2c1[nH]c1ccccc21. The number of aromatic nitrogens is 1. The van der Waals surface area contributed by atoms with Crippen LogP contribution >= 0.6 is 0 Å². The highest BCUT2D eigenvalue weighted by molar-refractivity contribution is 5.85. The molecule has 0 saturated heterocycles. The maximum Gasteiger partial charge on any atom is 0.0687 e. The first kappa shape index (κ1) is 13.7. The number of aliphatic hydroxyl groups excluding tert-OH is 1. The maximum atomic E-state index is 9.97. The molecule has 0 bridgehead atoms. The number of aromatic amines is 1. The summed E-state index contributed by atoms with van der Waals surface area (Å²) in [7, 11) is 0. The summed E-state index contributed by atoms with van der Waals surface area (Å²) in [6.07, 6.45) is 3.24. The fourth-order valence-electron chi connectivity index (χ4n) is 3.12. The molecule has 2 unspecified atom stereocenters. The van der Waals surface area contributed by atoms with Crippen molar-refractivity contribution in [2.24, 2.45) is 5.92 Å². The van der Waals surface area contributed by atoms with Crippen molar-refractivity contribution in [1.82, 2.24) is 10.3 Å². The number of hydrogen-bond donors (Lipinski definition) is 3. The quantitative estimate of drug-likeness (QED) is 0.800. The van der Waals surface area contributed by atoms with Crippen LogP contribution in [0.2, 0.25) is 0 Å². The molecule has 3 N–H and O–H groups in total. The van der Waals surface area contributed by atoms with E-state index in [0.29, 0.717) is 18.5 Å². The fraction of sp³-hybridized carbons (Fsp3) is 0.529.